The van der Waals surface area contributed by atoms with E-state index in [0.29, 0.717) is 18.3 Å². The molecule has 3 atom stereocenters. The minimum Gasteiger partial charge on any atom is -0.501 e. The highest BCUT2D eigenvalue weighted by Crippen LogP contribution is 2.59. The van der Waals surface area contributed by atoms with Crippen LogP contribution in [-0.2, 0) is 14.1 Å². The summed E-state index contributed by atoms with van der Waals surface area (Å²) in [4.78, 5) is 24.2. The molecule has 1 aromatic carbocycles. The topological polar surface area (TPSA) is 105 Å². The Labute approximate surface area is 153 Å². The van der Waals surface area contributed by atoms with E-state index in [1.165, 1.54) is 13.2 Å². The van der Waals surface area contributed by atoms with Gasteiger partial charge in [0.05, 0.1) is 18.5 Å². The molecule has 1 saturated heterocycles. The fourth-order valence-corrected chi connectivity index (χ4v) is 6.58. The maximum Gasteiger partial charge on any atom is 0.322 e. The number of nitrogens with one attached hydrogen (secondary N) is 2. The highest BCUT2D eigenvalue weighted by atomic mass is 31.2. The number of carbonyl (C=O) groups excluding carboxylic acids is 2. The molecule has 2 rings (SSSR count). The van der Waals surface area contributed by atoms with Crippen LogP contribution >= 0.6 is 7.14 Å². The van der Waals surface area contributed by atoms with Crippen LogP contribution in [-0.4, -0.2) is 41.2 Å². The summed E-state index contributed by atoms with van der Waals surface area (Å²) < 4.78 is 18.6. The summed E-state index contributed by atoms with van der Waals surface area (Å²) >= 11 is 0. The van der Waals surface area contributed by atoms with Crippen molar-refractivity contribution in [3.8, 4) is 0 Å². The normalized spacial score (nSPS) is 28.5. The molecule has 7 nitrogen and oxygen atoms in total. The van der Waals surface area contributed by atoms with Crippen molar-refractivity contribution >= 4 is 24.4 Å². The quantitative estimate of drug-likeness (QED) is 0.411. The molecule has 0 spiro atoms. The molecule has 3 N–H and O–H groups in total. The zero-order valence-corrected chi connectivity index (χ0v) is 16.1. The van der Waals surface area contributed by atoms with E-state index in [9.17, 15) is 19.3 Å². The van der Waals surface area contributed by atoms with Crippen LogP contribution in [0.25, 0.3) is 0 Å². The molecule has 142 valence electrons. The smallest absolute Gasteiger partial charge is 0.322 e. The van der Waals surface area contributed by atoms with E-state index in [0.717, 1.165) is 0 Å². The van der Waals surface area contributed by atoms with Gasteiger partial charge in [0.2, 0.25) is 0 Å². The third-order valence-electron chi connectivity index (χ3n) is 4.43. The van der Waals surface area contributed by atoms with Crippen molar-refractivity contribution in [1.82, 2.24) is 10.6 Å². The molecule has 0 aliphatic carbocycles. The average Bonchev–Trinajstić information content (AvgIpc) is 2.85. The van der Waals surface area contributed by atoms with Crippen LogP contribution in [0.2, 0.25) is 0 Å². The molecule has 1 aromatic rings. The second kappa shape index (κ2) is 8.06. The fourth-order valence-electron chi connectivity index (χ4n) is 2.95. The van der Waals surface area contributed by atoms with Crippen molar-refractivity contribution in [1.29, 1.82) is 0 Å². The maximum absolute atomic E-state index is 13.5. The monoisotopic (exact) mass is 380 g/mol. The van der Waals surface area contributed by atoms with Crippen LogP contribution in [0.3, 0.4) is 0 Å². The lowest BCUT2D eigenvalue weighted by molar-refractivity contribution is -0.116. The lowest BCUT2D eigenvalue weighted by Gasteiger charge is -2.30. The van der Waals surface area contributed by atoms with Gasteiger partial charge in [-0.15, -0.1) is 0 Å². The van der Waals surface area contributed by atoms with Crippen molar-refractivity contribution in [2.24, 2.45) is 0 Å². The first-order chi connectivity index (χ1) is 12.2. The van der Waals surface area contributed by atoms with Crippen molar-refractivity contribution < 1.29 is 24.0 Å². The van der Waals surface area contributed by atoms with Gasteiger partial charge in [0, 0.05) is 17.0 Å². The summed E-state index contributed by atoms with van der Waals surface area (Å²) in [5.41, 5.74) is -1.10. The number of ether oxygens (including phenoxy) is 1. The Bertz CT molecular complexity index is 745. The summed E-state index contributed by atoms with van der Waals surface area (Å²) in [6.07, 6.45) is 1.84. The number of urea groups is 1. The van der Waals surface area contributed by atoms with Gasteiger partial charge in [0.15, 0.2) is 0 Å². The molecule has 0 bridgehead atoms. The molecule has 0 saturated carbocycles. The Hall–Kier alpha value is -2.11. The lowest BCUT2D eigenvalue weighted by atomic mass is 10.0. The first-order valence-electron chi connectivity index (χ1n) is 8.47. The van der Waals surface area contributed by atoms with E-state index in [-0.39, 0.29) is 11.7 Å². The summed E-state index contributed by atoms with van der Waals surface area (Å²) in [7, 11) is -3.07. The Morgan fingerprint density at radius 2 is 2.04 bits per heavy atom. The SMILES string of the molecule is CCO/C=C(\C)C(=O)NC(=O)N[C@H]1[C@](C)(O)CC[P@]1(=O)c1ccccc1. The van der Waals surface area contributed by atoms with Crippen LogP contribution < -0.4 is 15.9 Å². The van der Waals surface area contributed by atoms with Gasteiger partial charge in [-0.2, -0.15) is 0 Å². The van der Waals surface area contributed by atoms with E-state index < -0.39 is 30.5 Å². The number of hydrogen-bond donors (Lipinski definition) is 3. The van der Waals surface area contributed by atoms with Gasteiger partial charge >= 0.3 is 6.03 Å². The maximum atomic E-state index is 13.5. The minimum absolute atomic E-state index is 0.228. The van der Waals surface area contributed by atoms with E-state index in [2.05, 4.69) is 10.6 Å². The second-order valence-electron chi connectivity index (χ2n) is 6.55. The van der Waals surface area contributed by atoms with Gasteiger partial charge in [-0.05, 0) is 27.2 Å². The zero-order valence-electron chi connectivity index (χ0n) is 15.2. The highest BCUT2D eigenvalue weighted by molar-refractivity contribution is 7.72. The molecule has 8 heteroatoms. The van der Waals surface area contributed by atoms with Gasteiger partial charge in [-0.3, -0.25) is 10.1 Å². The third kappa shape index (κ3) is 4.34. The van der Waals surface area contributed by atoms with Crippen LogP contribution in [0.1, 0.15) is 27.2 Å². The first-order valence-corrected chi connectivity index (χ1v) is 10.4. The van der Waals surface area contributed by atoms with Gasteiger partial charge in [-0.25, -0.2) is 4.79 Å². The standard InChI is InChI=1S/C18H25N2O5P/c1-4-25-12-13(2)15(21)19-17(22)20-16-18(3,23)10-11-26(16,24)14-8-6-5-7-9-14/h5-9,12,16,23H,4,10-11H2,1-3H3,(H2,19,20,21,22)/b13-12+/t16-,18-,26+/m1/s1. The third-order valence-corrected chi connectivity index (χ3v) is 8.01. The highest BCUT2D eigenvalue weighted by Gasteiger charge is 2.53. The number of amides is 3. The van der Waals surface area contributed by atoms with Crippen molar-refractivity contribution in [3.05, 3.63) is 42.2 Å². The predicted molar refractivity (Wildman–Crippen MR) is 99.6 cm³/mol. The van der Waals surface area contributed by atoms with E-state index in [4.69, 9.17) is 4.74 Å². The van der Waals surface area contributed by atoms with Crippen LogP contribution in [0.5, 0.6) is 0 Å². The lowest BCUT2D eigenvalue weighted by Crippen LogP contribution is -2.52. The Kier molecular flexibility index (Phi) is 6.26. The van der Waals surface area contributed by atoms with E-state index in [1.54, 1.807) is 38.1 Å². The van der Waals surface area contributed by atoms with Gasteiger partial charge < -0.3 is 19.7 Å². The number of aliphatic hydroxyl groups is 1. The number of hydrogen-bond acceptors (Lipinski definition) is 5. The van der Waals surface area contributed by atoms with Crippen LogP contribution in [0.4, 0.5) is 4.79 Å². The fraction of sp³-hybridized carbons (Fsp3) is 0.444. The predicted octanol–water partition coefficient (Wildman–Crippen LogP) is 1.92. The van der Waals surface area contributed by atoms with Gasteiger partial charge in [-0.1, -0.05) is 30.3 Å². The summed E-state index contributed by atoms with van der Waals surface area (Å²) in [5, 5.41) is 15.9. The van der Waals surface area contributed by atoms with E-state index in [1.807, 2.05) is 6.07 Å². The molecule has 1 aliphatic rings. The van der Waals surface area contributed by atoms with Crippen LogP contribution in [0.15, 0.2) is 42.2 Å². The summed E-state index contributed by atoms with van der Waals surface area (Å²) in [5.74, 6) is -1.59. The molecule has 1 fully saturated rings. The molecular weight excluding hydrogens is 355 g/mol. The summed E-state index contributed by atoms with van der Waals surface area (Å²) in [6, 6.07) is 8.01. The van der Waals surface area contributed by atoms with E-state index >= 15 is 0 Å². The number of imide groups is 1. The molecule has 0 aromatic heterocycles. The molecule has 1 heterocycles. The number of benzene rings is 1. The van der Waals surface area contributed by atoms with Crippen molar-refractivity contribution in [2.45, 2.75) is 38.6 Å². The average molecular weight is 380 g/mol. The largest absolute Gasteiger partial charge is 0.501 e. The molecule has 0 radical (unpaired) electrons. The first kappa shape index (κ1) is 20.2. The minimum atomic E-state index is -3.07. The Morgan fingerprint density at radius 1 is 1.38 bits per heavy atom. The molecule has 1 aliphatic heterocycles. The second-order valence-corrected chi connectivity index (χ2v) is 9.62. The number of carbonyl (C=O) groups is 2. The summed E-state index contributed by atoms with van der Waals surface area (Å²) in [6.45, 7) is 5.24. The van der Waals surface area contributed by atoms with Crippen LogP contribution in [0, 0.1) is 0 Å². The van der Waals surface area contributed by atoms with Crippen molar-refractivity contribution in [3.63, 3.8) is 0 Å². The Morgan fingerprint density at radius 3 is 2.65 bits per heavy atom. The molecule has 3 amide bonds. The zero-order chi connectivity index (χ0) is 19.4. The number of rotatable bonds is 5. The molecule has 0 unspecified atom stereocenters. The van der Waals surface area contributed by atoms with Gasteiger partial charge in [0.1, 0.15) is 12.9 Å². The molecular formula is C18H25N2O5P. The van der Waals surface area contributed by atoms with Crippen molar-refractivity contribution in [2.75, 3.05) is 12.8 Å². The van der Waals surface area contributed by atoms with Gasteiger partial charge in [0.25, 0.3) is 5.91 Å². The Balaban J connectivity index is 2.16. The molecule has 26 heavy (non-hydrogen) atoms.